The Balaban J connectivity index is 1.65. The van der Waals surface area contributed by atoms with Gasteiger partial charge in [-0.15, -0.1) is 0 Å². The molecule has 0 unspecified atom stereocenters. The number of rotatable bonds is 5. The number of hydrogen-bond acceptors (Lipinski definition) is 7. The molecular formula is C22H13N3O6. The highest BCUT2D eigenvalue weighted by Gasteiger charge is 2.26. The molecule has 0 saturated heterocycles. The summed E-state index contributed by atoms with van der Waals surface area (Å²) in [5.41, 5.74) is 1.51. The maximum atomic E-state index is 12.2. The summed E-state index contributed by atoms with van der Waals surface area (Å²) in [6.07, 6.45) is 1.18. The minimum absolute atomic E-state index is 0.00646. The summed E-state index contributed by atoms with van der Waals surface area (Å²) in [5, 5.41) is 22.2. The topological polar surface area (TPSA) is 125 Å². The molecule has 0 N–H and O–H groups in total. The van der Waals surface area contributed by atoms with Gasteiger partial charge in [0.1, 0.15) is 0 Å². The van der Waals surface area contributed by atoms with Crippen LogP contribution in [-0.4, -0.2) is 21.7 Å². The van der Waals surface area contributed by atoms with Gasteiger partial charge in [-0.25, -0.2) is 9.79 Å². The van der Waals surface area contributed by atoms with E-state index in [9.17, 15) is 25.0 Å². The number of non-ortho nitro benzene ring substituents is 1. The number of esters is 1. The van der Waals surface area contributed by atoms with Gasteiger partial charge in [-0.05, 0) is 35.4 Å². The Bertz CT molecular complexity index is 1260. The van der Waals surface area contributed by atoms with E-state index in [1.165, 1.54) is 12.1 Å². The van der Waals surface area contributed by atoms with Gasteiger partial charge in [0, 0.05) is 11.6 Å². The lowest BCUT2D eigenvalue weighted by molar-refractivity contribution is -0.394. The molecule has 0 fully saturated rings. The molecule has 9 nitrogen and oxygen atoms in total. The van der Waals surface area contributed by atoms with Crippen LogP contribution in [0, 0.1) is 20.2 Å². The molecule has 0 radical (unpaired) electrons. The molecule has 0 bridgehead atoms. The lowest BCUT2D eigenvalue weighted by atomic mass is 10.0. The summed E-state index contributed by atoms with van der Waals surface area (Å²) in [7, 11) is 0. The zero-order valence-electron chi connectivity index (χ0n) is 15.8. The Labute approximate surface area is 175 Å². The van der Waals surface area contributed by atoms with E-state index in [-0.39, 0.29) is 17.2 Å². The van der Waals surface area contributed by atoms with E-state index in [4.69, 9.17) is 4.74 Å². The average Bonchev–Trinajstić information content (AvgIpc) is 3.14. The van der Waals surface area contributed by atoms with Crippen molar-refractivity contribution >= 4 is 29.3 Å². The summed E-state index contributed by atoms with van der Waals surface area (Å²) < 4.78 is 5.20. The van der Waals surface area contributed by atoms with Crippen LogP contribution in [0.25, 0.3) is 17.2 Å². The Morgan fingerprint density at radius 3 is 2.10 bits per heavy atom. The first-order valence-corrected chi connectivity index (χ1v) is 9.03. The highest BCUT2D eigenvalue weighted by atomic mass is 16.6. The Morgan fingerprint density at radius 2 is 1.45 bits per heavy atom. The molecular weight excluding hydrogens is 402 g/mol. The van der Waals surface area contributed by atoms with Gasteiger partial charge >= 0.3 is 5.97 Å². The summed E-state index contributed by atoms with van der Waals surface area (Å²) in [6.45, 7) is 0. The number of cyclic esters (lactones) is 1. The summed E-state index contributed by atoms with van der Waals surface area (Å²) >= 11 is 0. The fourth-order valence-electron chi connectivity index (χ4n) is 3.04. The van der Waals surface area contributed by atoms with E-state index in [1.54, 1.807) is 12.1 Å². The van der Waals surface area contributed by atoms with Crippen LogP contribution >= 0.6 is 0 Å². The number of nitrogens with zero attached hydrogens (tertiary/aromatic N) is 3. The second kappa shape index (κ2) is 7.99. The van der Waals surface area contributed by atoms with Crippen LogP contribution in [0.5, 0.6) is 0 Å². The monoisotopic (exact) mass is 415 g/mol. The fourth-order valence-corrected chi connectivity index (χ4v) is 3.04. The SMILES string of the molecule is O=C1OC(c2ccc(-c3ccccc3)cc2)=N/C1=C\c1ccc([N+](=O)[O-])cc1[N+](=O)[O-]. The maximum absolute atomic E-state index is 12.2. The van der Waals surface area contributed by atoms with Crippen LogP contribution in [0.2, 0.25) is 0 Å². The molecule has 31 heavy (non-hydrogen) atoms. The van der Waals surface area contributed by atoms with E-state index in [1.807, 2.05) is 42.5 Å². The third-order valence-electron chi connectivity index (χ3n) is 4.57. The zero-order chi connectivity index (χ0) is 22.0. The number of carbonyl (C=O) groups is 1. The molecule has 0 amide bonds. The van der Waals surface area contributed by atoms with Crippen molar-refractivity contribution in [2.24, 2.45) is 4.99 Å². The quantitative estimate of drug-likeness (QED) is 0.261. The van der Waals surface area contributed by atoms with Gasteiger partial charge in [0.2, 0.25) is 5.90 Å². The zero-order valence-corrected chi connectivity index (χ0v) is 15.8. The van der Waals surface area contributed by atoms with Gasteiger partial charge in [0.05, 0.1) is 21.5 Å². The van der Waals surface area contributed by atoms with Crippen LogP contribution in [0.4, 0.5) is 11.4 Å². The highest BCUT2D eigenvalue weighted by molar-refractivity contribution is 6.13. The van der Waals surface area contributed by atoms with Crippen LogP contribution in [-0.2, 0) is 9.53 Å². The predicted octanol–water partition coefficient (Wildman–Crippen LogP) is 4.51. The molecule has 0 spiro atoms. The van der Waals surface area contributed by atoms with Gasteiger partial charge in [-0.2, -0.15) is 0 Å². The van der Waals surface area contributed by atoms with Crippen LogP contribution in [0.1, 0.15) is 11.1 Å². The minimum Gasteiger partial charge on any atom is -0.402 e. The molecule has 0 aliphatic carbocycles. The first kappa shape index (κ1) is 19.6. The molecule has 3 aromatic carbocycles. The van der Waals surface area contributed by atoms with Gasteiger partial charge in [0.25, 0.3) is 11.4 Å². The smallest absolute Gasteiger partial charge is 0.363 e. The number of hydrogen-bond donors (Lipinski definition) is 0. The Hall–Kier alpha value is -4.66. The van der Waals surface area contributed by atoms with Gasteiger partial charge < -0.3 is 4.74 Å². The number of nitro groups is 2. The van der Waals surface area contributed by atoms with E-state index in [0.29, 0.717) is 5.56 Å². The standard InChI is InChI=1S/C22H13N3O6/c26-22-19(12-17-10-11-18(24(27)28)13-20(17)25(29)30)23-21(31-22)16-8-6-15(7-9-16)14-4-2-1-3-5-14/h1-13H/b19-12-. The average molecular weight is 415 g/mol. The predicted molar refractivity (Wildman–Crippen MR) is 112 cm³/mol. The Kier molecular flexibility index (Phi) is 5.07. The number of nitro benzene ring substituents is 2. The van der Waals surface area contributed by atoms with Crippen molar-refractivity contribution in [3.63, 3.8) is 0 Å². The number of aliphatic imine (C=N–C) groups is 1. The van der Waals surface area contributed by atoms with Crippen molar-refractivity contribution in [2.45, 2.75) is 0 Å². The van der Waals surface area contributed by atoms with E-state index < -0.39 is 27.2 Å². The summed E-state index contributed by atoms with van der Waals surface area (Å²) in [5.74, 6) is -0.699. The van der Waals surface area contributed by atoms with Crippen molar-refractivity contribution in [1.82, 2.24) is 0 Å². The largest absolute Gasteiger partial charge is 0.402 e. The Morgan fingerprint density at radius 1 is 0.806 bits per heavy atom. The molecule has 152 valence electrons. The van der Waals surface area contributed by atoms with Crippen molar-refractivity contribution in [1.29, 1.82) is 0 Å². The molecule has 3 aromatic rings. The number of benzene rings is 3. The minimum atomic E-state index is -0.769. The van der Waals surface area contributed by atoms with Crippen LogP contribution in [0.3, 0.4) is 0 Å². The highest BCUT2D eigenvalue weighted by Crippen LogP contribution is 2.29. The summed E-state index contributed by atoms with van der Waals surface area (Å²) in [4.78, 5) is 37.0. The number of carbonyl (C=O) groups excluding carboxylic acids is 1. The van der Waals surface area contributed by atoms with Gasteiger partial charge in [-0.1, -0.05) is 42.5 Å². The fraction of sp³-hybridized carbons (Fsp3) is 0. The second-order valence-electron chi connectivity index (χ2n) is 6.54. The maximum Gasteiger partial charge on any atom is 0.363 e. The third kappa shape index (κ3) is 4.06. The van der Waals surface area contributed by atoms with Crippen molar-refractivity contribution in [3.05, 3.63) is 110 Å². The second-order valence-corrected chi connectivity index (χ2v) is 6.54. The molecule has 1 aliphatic rings. The van der Waals surface area contributed by atoms with Crippen molar-refractivity contribution in [2.75, 3.05) is 0 Å². The third-order valence-corrected chi connectivity index (χ3v) is 4.57. The first-order chi connectivity index (χ1) is 14.9. The molecule has 9 heteroatoms. The van der Waals surface area contributed by atoms with Gasteiger partial charge in [0.15, 0.2) is 5.70 Å². The van der Waals surface area contributed by atoms with E-state index in [0.717, 1.165) is 23.3 Å². The number of ether oxygens (including phenoxy) is 1. The molecule has 0 aromatic heterocycles. The molecule has 4 rings (SSSR count). The molecule has 1 heterocycles. The van der Waals surface area contributed by atoms with Crippen molar-refractivity contribution < 1.29 is 19.4 Å². The lowest BCUT2D eigenvalue weighted by Gasteiger charge is -2.03. The molecule has 1 aliphatic heterocycles. The normalized spacial score (nSPS) is 14.3. The van der Waals surface area contributed by atoms with Gasteiger partial charge in [-0.3, -0.25) is 20.2 Å². The first-order valence-electron chi connectivity index (χ1n) is 9.03. The van der Waals surface area contributed by atoms with E-state index in [2.05, 4.69) is 4.99 Å². The van der Waals surface area contributed by atoms with E-state index >= 15 is 0 Å². The van der Waals surface area contributed by atoms with Crippen LogP contribution < -0.4 is 0 Å². The molecule has 0 atom stereocenters. The van der Waals surface area contributed by atoms with Crippen molar-refractivity contribution in [3.8, 4) is 11.1 Å². The van der Waals surface area contributed by atoms with Crippen LogP contribution in [0.15, 0.2) is 83.5 Å². The molecule has 0 saturated carbocycles. The summed E-state index contributed by atoms with van der Waals surface area (Å²) in [6, 6.07) is 20.1. The lowest BCUT2D eigenvalue weighted by Crippen LogP contribution is -2.05.